The molecule has 7 heteroatoms. The third-order valence-corrected chi connectivity index (χ3v) is 6.25. The van der Waals surface area contributed by atoms with Crippen molar-refractivity contribution in [2.24, 2.45) is 0 Å². The third kappa shape index (κ3) is 15.1. The summed E-state index contributed by atoms with van der Waals surface area (Å²) >= 11 is 0. The van der Waals surface area contributed by atoms with Crippen LogP contribution in [0.25, 0.3) is 0 Å². The minimum Gasteiger partial charge on any atom is -0.334 e. The van der Waals surface area contributed by atoms with Gasteiger partial charge in [-0.25, -0.2) is 17.2 Å². The van der Waals surface area contributed by atoms with Crippen LogP contribution in [0.3, 0.4) is 0 Å². The molecule has 0 aliphatic carbocycles. The molecule has 1 aromatic carbocycles. The van der Waals surface area contributed by atoms with Crippen molar-refractivity contribution in [3.63, 3.8) is 0 Å². The van der Waals surface area contributed by atoms with E-state index in [1.165, 1.54) is 64.2 Å². The van der Waals surface area contributed by atoms with E-state index in [1.807, 2.05) is 6.07 Å². The minimum absolute atomic E-state index is 0. The number of hydrogen-bond donors (Lipinski definition) is 1. The van der Waals surface area contributed by atoms with E-state index in [-0.39, 0.29) is 33.2 Å². The van der Waals surface area contributed by atoms with E-state index in [0.29, 0.717) is 6.42 Å². The molecule has 29 heavy (non-hydrogen) atoms. The molecule has 0 aliphatic rings. The molecule has 0 aliphatic heterocycles. The summed E-state index contributed by atoms with van der Waals surface area (Å²) in [5.74, 6) is -1.93. The molecule has 0 unspecified atom stereocenters. The molecule has 1 aromatic rings. The smallest absolute Gasteiger partial charge is 0.222 e. The summed E-state index contributed by atoms with van der Waals surface area (Å²) in [5.41, 5.74) is -0.258. The Labute approximate surface area is 191 Å². The standard InChI is InChI=1S/C22H36F2NO2S.Ti/c1-2-3-4-5-6-7-8-9-10-11-12-13-14-15-18-28(26,27)25-22-17-16-20(23)19-21(22)24;/h16-17,25H,2-15,18H2,1H3;/q-1;. The summed E-state index contributed by atoms with van der Waals surface area (Å²) in [6, 6.07) is 3.87. The van der Waals surface area contributed by atoms with Gasteiger partial charge >= 0.3 is 0 Å². The van der Waals surface area contributed by atoms with Crippen molar-refractivity contribution < 1.29 is 38.9 Å². The largest absolute Gasteiger partial charge is 0.334 e. The molecule has 0 spiro atoms. The maximum absolute atomic E-state index is 13.5. The van der Waals surface area contributed by atoms with Gasteiger partial charge in [-0.3, -0.25) is 0 Å². The Morgan fingerprint density at radius 3 is 1.69 bits per heavy atom. The molecule has 0 fully saturated rings. The van der Waals surface area contributed by atoms with Crippen LogP contribution in [-0.4, -0.2) is 14.2 Å². The molecular weight excluding hydrogens is 428 g/mol. The molecule has 0 heterocycles. The maximum Gasteiger partial charge on any atom is 0.222 e. The molecule has 0 radical (unpaired) electrons. The van der Waals surface area contributed by atoms with Crippen LogP contribution in [0.15, 0.2) is 12.1 Å². The molecule has 0 saturated carbocycles. The number of hydrogen-bond acceptors (Lipinski definition) is 2. The number of sulfonamides is 1. The van der Waals surface area contributed by atoms with Gasteiger partial charge in [-0.2, -0.15) is 0 Å². The van der Waals surface area contributed by atoms with Crippen molar-refractivity contribution in [1.82, 2.24) is 0 Å². The summed E-state index contributed by atoms with van der Waals surface area (Å²) < 4.78 is 52.4. The Morgan fingerprint density at radius 2 is 1.24 bits per heavy atom. The van der Waals surface area contributed by atoms with Gasteiger partial charge in [0.2, 0.25) is 10.0 Å². The topological polar surface area (TPSA) is 46.2 Å². The first kappa shape index (κ1) is 28.5. The second-order valence-corrected chi connectivity index (χ2v) is 9.39. The number of benzene rings is 1. The average molecular weight is 464 g/mol. The Morgan fingerprint density at radius 1 is 0.793 bits per heavy atom. The van der Waals surface area contributed by atoms with Gasteiger partial charge in [-0.15, -0.1) is 18.2 Å². The van der Waals surface area contributed by atoms with Crippen LogP contribution in [0, 0.1) is 17.7 Å². The first-order chi connectivity index (χ1) is 13.4. The Hall–Kier alpha value is -0.456. The molecule has 0 bridgehead atoms. The molecule has 166 valence electrons. The molecule has 1 rings (SSSR count). The van der Waals surface area contributed by atoms with E-state index in [2.05, 4.69) is 11.6 Å². The van der Waals surface area contributed by atoms with Gasteiger partial charge in [0.05, 0.1) is 5.75 Å². The van der Waals surface area contributed by atoms with Crippen molar-refractivity contribution in [1.29, 1.82) is 0 Å². The van der Waals surface area contributed by atoms with Crippen LogP contribution in [-0.2, 0) is 31.7 Å². The predicted molar refractivity (Wildman–Crippen MR) is 113 cm³/mol. The summed E-state index contributed by atoms with van der Waals surface area (Å²) in [4.78, 5) is 0. The normalized spacial score (nSPS) is 11.3. The second kappa shape index (κ2) is 17.2. The van der Waals surface area contributed by atoms with E-state index in [0.717, 1.165) is 31.4 Å². The number of rotatable bonds is 17. The third-order valence-electron chi connectivity index (χ3n) is 4.89. The number of nitrogens with one attached hydrogen (secondary N) is 1. The zero-order valence-electron chi connectivity index (χ0n) is 17.7. The van der Waals surface area contributed by atoms with Gasteiger partial charge < -0.3 is 4.72 Å². The fraction of sp³-hybridized carbons (Fsp3) is 0.727. The molecule has 3 nitrogen and oxygen atoms in total. The summed E-state index contributed by atoms with van der Waals surface area (Å²) in [7, 11) is -3.62. The zero-order valence-corrected chi connectivity index (χ0v) is 20.1. The van der Waals surface area contributed by atoms with Crippen molar-refractivity contribution in [2.45, 2.75) is 96.8 Å². The second-order valence-electron chi connectivity index (χ2n) is 7.55. The van der Waals surface area contributed by atoms with Crippen molar-refractivity contribution in [2.75, 3.05) is 10.5 Å². The van der Waals surface area contributed by atoms with E-state index in [4.69, 9.17) is 0 Å². The summed E-state index contributed by atoms with van der Waals surface area (Å²) in [6.07, 6.45) is 16.7. The average Bonchev–Trinajstić information content (AvgIpc) is 2.64. The van der Waals surface area contributed by atoms with Gasteiger partial charge in [-0.1, -0.05) is 90.4 Å². The number of anilines is 1. The first-order valence-electron chi connectivity index (χ1n) is 10.8. The van der Waals surface area contributed by atoms with Crippen LogP contribution >= 0.6 is 0 Å². The fourth-order valence-electron chi connectivity index (χ4n) is 3.23. The monoisotopic (exact) mass is 464 g/mol. The van der Waals surface area contributed by atoms with Crippen LogP contribution < -0.4 is 4.72 Å². The van der Waals surface area contributed by atoms with Gasteiger partial charge in [0.15, 0.2) is 0 Å². The summed E-state index contributed by atoms with van der Waals surface area (Å²) in [6.45, 7) is 2.24. The molecule has 0 amide bonds. The number of unbranched alkanes of at least 4 members (excludes halogenated alkanes) is 13. The molecule has 0 saturated heterocycles. The van der Waals surface area contributed by atoms with Crippen molar-refractivity contribution in [3.8, 4) is 0 Å². The van der Waals surface area contributed by atoms with Gasteiger partial charge in [-0.05, 0) is 12.1 Å². The van der Waals surface area contributed by atoms with E-state index < -0.39 is 21.7 Å². The van der Waals surface area contributed by atoms with E-state index in [9.17, 15) is 17.2 Å². The molecule has 0 atom stereocenters. The maximum atomic E-state index is 13.5. The molecule has 0 aromatic heterocycles. The van der Waals surface area contributed by atoms with Crippen LogP contribution in [0.2, 0.25) is 0 Å². The van der Waals surface area contributed by atoms with Crippen molar-refractivity contribution in [3.05, 3.63) is 29.8 Å². The van der Waals surface area contributed by atoms with Crippen LogP contribution in [0.4, 0.5) is 14.5 Å². The van der Waals surface area contributed by atoms with E-state index >= 15 is 0 Å². The zero-order chi connectivity index (χ0) is 20.7. The van der Waals surface area contributed by atoms with Gasteiger partial charge in [0, 0.05) is 33.4 Å². The summed E-state index contributed by atoms with van der Waals surface area (Å²) in [5, 5.41) is 0. The minimum atomic E-state index is -3.62. The van der Waals surface area contributed by atoms with Crippen LogP contribution in [0.5, 0.6) is 0 Å². The van der Waals surface area contributed by atoms with E-state index in [1.54, 1.807) is 0 Å². The van der Waals surface area contributed by atoms with Crippen molar-refractivity contribution >= 4 is 15.7 Å². The van der Waals surface area contributed by atoms with Gasteiger partial charge in [0.25, 0.3) is 0 Å². The fourth-order valence-corrected chi connectivity index (χ4v) is 4.41. The molecule has 1 N–H and O–H groups in total. The van der Waals surface area contributed by atoms with Crippen LogP contribution in [0.1, 0.15) is 96.8 Å². The van der Waals surface area contributed by atoms with Gasteiger partial charge in [0.1, 0.15) is 0 Å². The Balaban J connectivity index is 0.00000784. The quantitative estimate of drug-likeness (QED) is 0.154. The SMILES string of the molecule is CCCCCCCCCCCCCCCCS(=O)(=O)Nc1ccc(F)[c-]c1F.[Ti]. The first-order valence-corrected chi connectivity index (χ1v) is 12.5. The molecular formula is C22H36F2NO2STi-. The Kier molecular flexibility index (Phi) is 17.0. The number of halogens is 2. The Bertz CT molecular complexity index is 642. The predicted octanol–water partition coefficient (Wildman–Crippen LogP) is 6.99.